The van der Waals surface area contributed by atoms with Crippen LogP contribution in [0.5, 0.6) is 0 Å². The molecule has 0 radical (unpaired) electrons. The monoisotopic (exact) mass is 562 g/mol. The Morgan fingerprint density at radius 1 is 0.900 bits per heavy atom. The van der Waals surface area contributed by atoms with Crippen LogP contribution >= 0.6 is 11.8 Å². The van der Waals surface area contributed by atoms with Gasteiger partial charge in [-0.05, 0) is 123 Å². The van der Waals surface area contributed by atoms with E-state index in [0.29, 0.717) is 34.9 Å². The van der Waals surface area contributed by atoms with Gasteiger partial charge in [0, 0.05) is 16.3 Å². The molecule has 40 heavy (non-hydrogen) atoms. The number of alkyl halides is 3. The van der Waals surface area contributed by atoms with Crippen LogP contribution in [-0.2, 0) is 18.0 Å². The van der Waals surface area contributed by atoms with E-state index in [9.17, 15) is 13.2 Å². The minimum absolute atomic E-state index is 0.316. The van der Waals surface area contributed by atoms with Gasteiger partial charge in [0.15, 0.2) is 0 Å². The number of hydrogen-bond acceptors (Lipinski definition) is 3. The van der Waals surface area contributed by atoms with Gasteiger partial charge < -0.3 is 10.2 Å². The molecule has 2 nitrogen and oxygen atoms in total. The van der Waals surface area contributed by atoms with Crippen molar-refractivity contribution in [1.29, 1.82) is 0 Å². The first-order chi connectivity index (χ1) is 19.2. The lowest BCUT2D eigenvalue weighted by Gasteiger charge is -2.63. The Bertz CT molecular complexity index is 1390. The molecule has 4 aliphatic carbocycles. The van der Waals surface area contributed by atoms with Crippen LogP contribution in [0.3, 0.4) is 0 Å². The van der Waals surface area contributed by atoms with Crippen LogP contribution in [0.4, 0.5) is 24.5 Å². The SMILES string of the molecule is CN(CCCc1c(C(F)(F)F)ccc2c1Nc1ccccc1S2)CC12CC3CC(C1)CC(c1ccccc1)(C3)C2. The van der Waals surface area contributed by atoms with Crippen molar-refractivity contribution in [3.05, 3.63) is 83.4 Å². The maximum atomic E-state index is 14.1. The van der Waals surface area contributed by atoms with Crippen LogP contribution in [0, 0.1) is 17.3 Å². The molecule has 4 saturated carbocycles. The van der Waals surface area contributed by atoms with E-state index in [0.717, 1.165) is 40.4 Å². The average Bonchev–Trinajstić information content (AvgIpc) is 2.91. The van der Waals surface area contributed by atoms with Crippen LogP contribution in [0.25, 0.3) is 0 Å². The molecule has 0 aromatic heterocycles. The van der Waals surface area contributed by atoms with E-state index in [-0.39, 0.29) is 0 Å². The van der Waals surface area contributed by atoms with E-state index < -0.39 is 11.7 Å². The molecule has 3 aromatic carbocycles. The summed E-state index contributed by atoms with van der Waals surface area (Å²) in [6.45, 7) is 1.86. The molecule has 1 heterocycles. The van der Waals surface area contributed by atoms with Gasteiger partial charge in [-0.3, -0.25) is 0 Å². The molecule has 0 spiro atoms. The maximum absolute atomic E-state index is 14.1. The van der Waals surface area contributed by atoms with Crippen LogP contribution in [0.1, 0.15) is 61.6 Å². The number of benzene rings is 3. The number of halogens is 3. The normalized spacial score (nSPS) is 28.3. The van der Waals surface area contributed by atoms with Gasteiger partial charge in [0.1, 0.15) is 0 Å². The summed E-state index contributed by atoms with van der Waals surface area (Å²) in [7, 11) is 2.18. The molecule has 2 atom stereocenters. The predicted octanol–water partition coefficient (Wildman–Crippen LogP) is 9.32. The van der Waals surface area contributed by atoms with Crippen LogP contribution in [0.15, 0.2) is 76.5 Å². The van der Waals surface area contributed by atoms with Crippen molar-refractivity contribution < 1.29 is 13.2 Å². The van der Waals surface area contributed by atoms with Crippen molar-refractivity contribution >= 4 is 23.1 Å². The zero-order chi connectivity index (χ0) is 27.5. The van der Waals surface area contributed by atoms with Crippen molar-refractivity contribution in [2.75, 3.05) is 25.5 Å². The van der Waals surface area contributed by atoms with E-state index in [1.807, 2.05) is 24.3 Å². The molecule has 1 N–H and O–H groups in total. The average molecular weight is 563 g/mol. The minimum Gasteiger partial charge on any atom is -0.353 e. The van der Waals surface area contributed by atoms with Crippen molar-refractivity contribution in [3.8, 4) is 0 Å². The third kappa shape index (κ3) is 4.75. The number of hydrogen-bond donors (Lipinski definition) is 1. The molecule has 6 heteroatoms. The lowest BCUT2D eigenvalue weighted by molar-refractivity contribution is -0.138. The van der Waals surface area contributed by atoms with Gasteiger partial charge in [0.25, 0.3) is 0 Å². The lowest BCUT2D eigenvalue weighted by Crippen LogP contribution is -2.57. The molecule has 0 amide bonds. The Labute approximate surface area is 239 Å². The number of fused-ring (bicyclic) bond motifs is 2. The second-order valence-corrected chi connectivity index (χ2v) is 14.2. The highest BCUT2D eigenvalue weighted by Gasteiger charge is 2.58. The van der Waals surface area contributed by atoms with Gasteiger partial charge in [-0.25, -0.2) is 0 Å². The van der Waals surface area contributed by atoms with Crippen molar-refractivity contribution in [3.63, 3.8) is 0 Å². The zero-order valence-corrected chi connectivity index (χ0v) is 23.9. The first kappa shape index (κ1) is 26.5. The van der Waals surface area contributed by atoms with Gasteiger partial charge in [0.05, 0.1) is 16.9 Å². The smallest absolute Gasteiger partial charge is 0.353 e. The molecule has 5 aliphatic rings. The predicted molar refractivity (Wildman–Crippen MR) is 156 cm³/mol. The summed E-state index contributed by atoms with van der Waals surface area (Å²) in [5.74, 6) is 1.62. The van der Waals surface area contributed by atoms with E-state index in [1.165, 1.54) is 50.2 Å². The summed E-state index contributed by atoms with van der Waals surface area (Å²) >= 11 is 1.55. The van der Waals surface area contributed by atoms with E-state index in [2.05, 4.69) is 47.6 Å². The third-order valence-electron chi connectivity index (χ3n) is 10.1. The van der Waals surface area contributed by atoms with E-state index >= 15 is 0 Å². The van der Waals surface area contributed by atoms with Crippen LogP contribution in [0.2, 0.25) is 0 Å². The number of para-hydroxylation sites is 1. The topological polar surface area (TPSA) is 15.3 Å². The quantitative estimate of drug-likeness (QED) is 0.242. The fourth-order valence-electron chi connectivity index (χ4n) is 9.23. The fraction of sp³-hybridized carbons (Fsp3) is 0.471. The first-order valence-corrected chi connectivity index (χ1v) is 15.5. The summed E-state index contributed by atoms with van der Waals surface area (Å²) in [5, 5.41) is 3.35. The second kappa shape index (κ2) is 9.84. The molecule has 8 rings (SSSR count). The lowest BCUT2D eigenvalue weighted by atomic mass is 9.43. The molecule has 4 bridgehead atoms. The Morgan fingerprint density at radius 3 is 2.38 bits per heavy atom. The van der Waals surface area contributed by atoms with Crippen molar-refractivity contribution in [2.24, 2.45) is 17.3 Å². The van der Waals surface area contributed by atoms with Crippen LogP contribution in [-0.4, -0.2) is 25.0 Å². The number of nitrogens with one attached hydrogen (secondary N) is 1. The van der Waals surface area contributed by atoms with Gasteiger partial charge >= 0.3 is 6.18 Å². The molecule has 210 valence electrons. The summed E-state index contributed by atoms with van der Waals surface area (Å²) in [4.78, 5) is 4.34. The maximum Gasteiger partial charge on any atom is 0.416 e. The highest BCUT2D eigenvalue weighted by atomic mass is 32.2. The molecule has 1 aliphatic heterocycles. The van der Waals surface area contributed by atoms with E-state index in [1.54, 1.807) is 17.8 Å². The third-order valence-corrected chi connectivity index (χ3v) is 11.2. The zero-order valence-electron chi connectivity index (χ0n) is 23.1. The van der Waals surface area contributed by atoms with Gasteiger partial charge in [0.2, 0.25) is 0 Å². The molecule has 4 fully saturated rings. The standard InChI is InChI=1S/C34H37F3N2S/c1-39(22-32-17-23-16-24(18-32)20-33(19-23,21-32)25-8-3-2-4-9-25)15-7-10-26-27(34(35,36)37)13-14-30-31(26)38-28-11-5-6-12-29(28)40-30/h2-6,8-9,11-14,23-24,38H,7,10,15-22H2,1H3. The molecular formula is C34H37F3N2S. The largest absolute Gasteiger partial charge is 0.416 e. The fourth-order valence-corrected chi connectivity index (χ4v) is 10.3. The van der Waals surface area contributed by atoms with E-state index in [4.69, 9.17) is 0 Å². The van der Waals surface area contributed by atoms with Gasteiger partial charge in [-0.1, -0.05) is 54.2 Å². The Kier molecular flexibility index (Phi) is 6.51. The van der Waals surface area contributed by atoms with Gasteiger partial charge in [-0.15, -0.1) is 0 Å². The highest BCUT2D eigenvalue weighted by molar-refractivity contribution is 7.99. The van der Waals surface area contributed by atoms with Crippen molar-refractivity contribution in [1.82, 2.24) is 4.90 Å². The first-order valence-electron chi connectivity index (χ1n) is 14.7. The van der Waals surface area contributed by atoms with Crippen LogP contribution < -0.4 is 5.32 Å². The summed E-state index contributed by atoms with van der Waals surface area (Å²) in [6.07, 6.45) is 4.66. The Hall–Kier alpha value is -2.44. The minimum atomic E-state index is -4.37. The van der Waals surface area contributed by atoms with Crippen molar-refractivity contribution in [2.45, 2.75) is 72.7 Å². The molecular weight excluding hydrogens is 525 g/mol. The second-order valence-electron chi connectivity index (χ2n) is 13.1. The Morgan fingerprint density at radius 2 is 1.62 bits per heavy atom. The number of nitrogens with zero attached hydrogens (tertiary/aromatic N) is 1. The molecule has 2 unspecified atom stereocenters. The number of rotatable bonds is 7. The Balaban J connectivity index is 1.07. The molecule has 3 aromatic rings. The summed E-state index contributed by atoms with van der Waals surface area (Å²) in [6, 6.07) is 21.9. The molecule has 0 saturated heterocycles. The van der Waals surface area contributed by atoms with Gasteiger partial charge in [-0.2, -0.15) is 13.2 Å². The highest BCUT2D eigenvalue weighted by Crippen LogP contribution is 2.65. The summed E-state index contributed by atoms with van der Waals surface area (Å²) in [5.41, 5.74) is 3.58. The number of anilines is 2. The summed E-state index contributed by atoms with van der Waals surface area (Å²) < 4.78 is 42.4.